The first kappa shape index (κ1) is 26.1. The van der Waals surface area contributed by atoms with Crippen LogP contribution in [-0.2, 0) is 24.0 Å². The maximum atomic E-state index is 13.4. The van der Waals surface area contributed by atoms with E-state index in [2.05, 4.69) is 30.8 Å². The molecule has 0 spiro atoms. The third kappa shape index (κ3) is 4.15. The van der Waals surface area contributed by atoms with Crippen molar-refractivity contribution in [3.63, 3.8) is 0 Å². The minimum Gasteiger partial charge on any atom is -0.450 e. The van der Waals surface area contributed by atoms with E-state index in [0.717, 1.165) is 31.3 Å². The summed E-state index contributed by atoms with van der Waals surface area (Å²) in [6.07, 6.45) is 13.4. The monoisotopic (exact) mass is 513 g/mol. The molecular formula is C29H39NO7. The van der Waals surface area contributed by atoms with E-state index >= 15 is 0 Å². The van der Waals surface area contributed by atoms with Crippen LogP contribution in [0.4, 0.5) is 0 Å². The molecule has 5 aliphatic rings. The summed E-state index contributed by atoms with van der Waals surface area (Å²) < 4.78 is 6.32. The van der Waals surface area contributed by atoms with Crippen LogP contribution in [0, 0.1) is 50.5 Å². The lowest BCUT2D eigenvalue weighted by molar-refractivity contribution is -0.759. The summed E-state index contributed by atoms with van der Waals surface area (Å²) in [5.41, 5.74) is -0.419. The number of hydrogen-bond donors (Lipinski definition) is 0. The summed E-state index contributed by atoms with van der Waals surface area (Å²) in [6.45, 7) is 6.10. The van der Waals surface area contributed by atoms with Gasteiger partial charge in [0.1, 0.15) is 0 Å². The molecule has 0 aromatic carbocycles. The Balaban J connectivity index is 1.33. The second-order valence-corrected chi connectivity index (χ2v) is 12.7. The summed E-state index contributed by atoms with van der Waals surface area (Å²) in [4.78, 5) is 53.9. The summed E-state index contributed by atoms with van der Waals surface area (Å²) in [5, 5.41) is 9.73. The number of Topliss-reactive ketones (excluding diaryl/α,β-unsaturated/α-hetero) is 1. The van der Waals surface area contributed by atoms with Crippen LogP contribution in [0.25, 0.3) is 0 Å². The van der Waals surface area contributed by atoms with Gasteiger partial charge in [-0.25, -0.2) is 0 Å². The number of esters is 1. The van der Waals surface area contributed by atoms with E-state index in [0.29, 0.717) is 50.4 Å². The largest absolute Gasteiger partial charge is 0.450 e. The molecule has 0 aliphatic heterocycles. The summed E-state index contributed by atoms with van der Waals surface area (Å²) >= 11 is 0. The smallest absolute Gasteiger partial charge is 0.309 e. The molecule has 0 bridgehead atoms. The van der Waals surface area contributed by atoms with Crippen molar-refractivity contribution < 1.29 is 29.0 Å². The molecule has 0 saturated heterocycles. The van der Waals surface area contributed by atoms with Crippen LogP contribution in [0.3, 0.4) is 0 Å². The molecule has 202 valence electrons. The Bertz CT molecular complexity index is 1060. The summed E-state index contributed by atoms with van der Waals surface area (Å²) in [6, 6.07) is 0. The molecule has 37 heavy (non-hydrogen) atoms. The van der Waals surface area contributed by atoms with Crippen LogP contribution in [-0.4, -0.2) is 34.8 Å². The van der Waals surface area contributed by atoms with E-state index in [-0.39, 0.29) is 47.3 Å². The average Bonchev–Trinajstić information content (AvgIpc) is 3.16. The first-order chi connectivity index (χ1) is 17.5. The van der Waals surface area contributed by atoms with Gasteiger partial charge in [-0.05, 0) is 105 Å². The van der Waals surface area contributed by atoms with Crippen LogP contribution in [0.1, 0.15) is 85.0 Å². The van der Waals surface area contributed by atoms with Gasteiger partial charge in [0.25, 0.3) is 5.09 Å². The highest BCUT2D eigenvalue weighted by Crippen LogP contribution is 2.67. The summed E-state index contributed by atoms with van der Waals surface area (Å²) in [5.74, 6) is 0.582. The van der Waals surface area contributed by atoms with E-state index in [1.165, 1.54) is 0 Å². The van der Waals surface area contributed by atoms with Crippen molar-refractivity contribution in [1.82, 2.24) is 0 Å². The zero-order valence-corrected chi connectivity index (χ0v) is 22.2. The Morgan fingerprint density at radius 3 is 2.43 bits per heavy atom. The lowest BCUT2D eigenvalue weighted by Gasteiger charge is -2.57. The van der Waals surface area contributed by atoms with Gasteiger partial charge in [0.2, 0.25) is 0 Å². The fraction of sp³-hybridized carbons (Fsp3) is 0.759. The number of carbonyl (C=O) groups is 3. The molecule has 3 saturated carbocycles. The lowest BCUT2D eigenvalue weighted by atomic mass is 9.48. The van der Waals surface area contributed by atoms with E-state index in [1.54, 1.807) is 6.92 Å². The molecule has 0 amide bonds. The molecule has 6 atom stereocenters. The molecule has 0 aromatic heterocycles. The Kier molecular flexibility index (Phi) is 6.60. The molecule has 8 nitrogen and oxygen atoms in total. The molecule has 0 N–H and O–H groups in total. The van der Waals surface area contributed by atoms with Gasteiger partial charge < -0.3 is 9.57 Å². The fourth-order valence-electron chi connectivity index (χ4n) is 8.80. The van der Waals surface area contributed by atoms with E-state index in [9.17, 15) is 24.5 Å². The van der Waals surface area contributed by atoms with Gasteiger partial charge in [-0.15, -0.1) is 10.1 Å². The number of carbonyl (C=O) groups excluding carboxylic acids is 3. The van der Waals surface area contributed by atoms with Crippen LogP contribution >= 0.6 is 0 Å². The van der Waals surface area contributed by atoms with Crippen LogP contribution in [0.2, 0.25) is 0 Å². The Labute approximate surface area is 218 Å². The molecule has 5 rings (SSSR count). The van der Waals surface area contributed by atoms with Crippen molar-refractivity contribution in [3.8, 4) is 0 Å². The van der Waals surface area contributed by atoms with E-state index in [1.807, 2.05) is 6.08 Å². The maximum Gasteiger partial charge on any atom is 0.309 e. The highest BCUT2D eigenvalue weighted by molar-refractivity contribution is 5.92. The molecule has 0 aromatic rings. The van der Waals surface area contributed by atoms with Gasteiger partial charge in [0, 0.05) is 11.8 Å². The van der Waals surface area contributed by atoms with Crippen LogP contribution in [0.5, 0.6) is 0 Å². The molecule has 0 radical (unpaired) electrons. The Morgan fingerprint density at radius 2 is 1.76 bits per heavy atom. The van der Waals surface area contributed by atoms with Gasteiger partial charge in [-0.2, -0.15) is 0 Å². The minimum absolute atomic E-state index is 0.0234. The first-order valence-corrected chi connectivity index (χ1v) is 13.9. The first-order valence-electron chi connectivity index (χ1n) is 13.9. The zero-order chi connectivity index (χ0) is 26.6. The van der Waals surface area contributed by atoms with Crippen molar-refractivity contribution in [2.24, 2.45) is 40.4 Å². The quantitative estimate of drug-likeness (QED) is 0.273. The molecular weight excluding hydrogens is 474 g/mol. The SMILES string of the molecule is CC(=O)[C@@]1(OC(=O)C2CCC(CO[N+](=O)[O-])CC2)CCC2C3C=CC4=CC(=O)CCC4(C)C3CCC21C. The number of allylic oxidation sites excluding steroid dienone is 4. The van der Waals surface area contributed by atoms with Crippen molar-refractivity contribution >= 4 is 17.5 Å². The second-order valence-electron chi connectivity index (χ2n) is 12.7. The number of fused-ring (bicyclic) bond motifs is 5. The standard InChI is InChI=1S/C29H39NO7/c1-18(31)29(37-26(33)20-6-4-19(5-7-20)17-36-30(34)35)15-12-25-23-9-8-21-16-22(32)10-13-27(21,2)24(23)11-14-28(25,29)3/h8-9,16,19-20,23-25H,4-7,10-15,17H2,1-3H3/t19?,20?,23?,24?,25?,27?,28?,29-/m0/s1. The van der Waals surface area contributed by atoms with Gasteiger partial charge in [0.05, 0.1) is 12.5 Å². The van der Waals surface area contributed by atoms with Crippen molar-refractivity contribution in [2.45, 2.75) is 90.6 Å². The van der Waals surface area contributed by atoms with Gasteiger partial charge in [-0.3, -0.25) is 14.4 Å². The zero-order valence-electron chi connectivity index (χ0n) is 22.2. The second kappa shape index (κ2) is 9.35. The fourth-order valence-corrected chi connectivity index (χ4v) is 8.80. The molecule has 5 aliphatic carbocycles. The van der Waals surface area contributed by atoms with Crippen molar-refractivity contribution in [2.75, 3.05) is 6.61 Å². The molecule has 8 heteroatoms. The number of rotatable bonds is 6. The number of hydrogen-bond acceptors (Lipinski definition) is 7. The third-order valence-corrected chi connectivity index (χ3v) is 11.1. The van der Waals surface area contributed by atoms with Crippen molar-refractivity contribution in [1.29, 1.82) is 0 Å². The van der Waals surface area contributed by atoms with Crippen LogP contribution in [0.15, 0.2) is 23.8 Å². The maximum absolute atomic E-state index is 13.4. The number of ether oxygens (including phenoxy) is 1. The number of ketones is 2. The third-order valence-electron chi connectivity index (χ3n) is 11.1. The predicted molar refractivity (Wildman–Crippen MR) is 135 cm³/mol. The number of nitrogens with zero attached hydrogens (tertiary/aromatic N) is 1. The highest BCUT2D eigenvalue weighted by Gasteiger charge is 2.67. The van der Waals surface area contributed by atoms with E-state index in [4.69, 9.17) is 4.74 Å². The molecule has 5 unspecified atom stereocenters. The summed E-state index contributed by atoms with van der Waals surface area (Å²) in [7, 11) is 0. The van der Waals surface area contributed by atoms with Gasteiger partial charge in [0.15, 0.2) is 17.2 Å². The van der Waals surface area contributed by atoms with Gasteiger partial charge in [-0.1, -0.05) is 26.0 Å². The lowest BCUT2D eigenvalue weighted by Crippen LogP contribution is -2.58. The van der Waals surface area contributed by atoms with E-state index < -0.39 is 16.1 Å². The normalized spacial score (nSPS) is 42.6. The molecule has 3 fully saturated rings. The Hall–Kier alpha value is -2.51. The molecule has 0 heterocycles. The van der Waals surface area contributed by atoms with Gasteiger partial charge >= 0.3 is 5.97 Å². The van der Waals surface area contributed by atoms with Crippen molar-refractivity contribution in [3.05, 3.63) is 33.9 Å². The Morgan fingerprint density at radius 1 is 1.05 bits per heavy atom. The topological polar surface area (TPSA) is 113 Å². The highest BCUT2D eigenvalue weighted by atomic mass is 16.9. The van der Waals surface area contributed by atoms with Crippen LogP contribution < -0.4 is 0 Å². The predicted octanol–water partition coefficient (Wildman–Crippen LogP) is 5.18. The average molecular weight is 514 g/mol. The minimum atomic E-state index is -1.11.